The zero-order valence-electron chi connectivity index (χ0n) is 16.7. The van der Waals surface area contributed by atoms with Gasteiger partial charge in [-0.15, -0.1) is 11.3 Å². The maximum absolute atomic E-state index is 13.0. The van der Waals surface area contributed by atoms with Crippen molar-refractivity contribution >= 4 is 39.7 Å². The van der Waals surface area contributed by atoms with Gasteiger partial charge in [0.05, 0.1) is 28.2 Å². The lowest BCUT2D eigenvalue weighted by molar-refractivity contribution is -0.115. The number of hydrogen-bond donors (Lipinski definition) is 2. The van der Waals surface area contributed by atoms with Gasteiger partial charge in [-0.2, -0.15) is 0 Å². The fraction of sp³-hybridized carbons (Fsp3) is 0.125. The van der Waals surface area contributed by atoms with Crippen LogP contribution in [0.15, 0.2) is 66.0 Å². The number of anilines is 1. The van der Waals surface area contributed by atoms with Gasteiger partial charge in [-0.1, -0.05) is 42.5 Å². The molecule has 0 saturated carbocycles. The van der Waals surface area contributed by atoms with E-state index in [1.807, 2.05) is 73.8 Å². The normalized spacial score (nSPS) is 10.7. The molecule has 2 aromatic heterocycles. The fourth-order valence-corrected chi connectivity index (χ4v) is 4.05. The number of benzene rings is 2. The number of carbonyl (C=O) groups excluding carboxylic acids is 2. The molecule has 0 fully saturated rings. The number of carbonyl (C=O) groups is 2. The van der Waals surface area contributed by atoms with E-state index in [4.69, 9.17) is 0 Å². The zero-order chi connectivity index (χ0) is 21.1. The summed E-state index contributed by atoms with van der Waals surface area (Å²) in [5.41, 5.74) is 4.74. The lowest BCUT2D eigenvalue weighted by Crippen LogP contribution is -2.33. The summed E-state index contributed by atoms with van der Waals surface area (Å²) in [5.74, 6) is -0.569. The van der Waals surface area contributed by atoms with Crippen LogP contribution in [0.3, 0.4) is 0 Å². The molecule has 0 aliphatic carbocycles. The Hall–Kier alpha value is -3.51. The highest BCUT2D eigenvalue weighted by Crippen LogP contribution is 2.27. The van der Waals surface area contributed by atoms with Crippen LogP contribution in [0, 0.1) is 13.8 Å². The fourth-order valence-electron chi connectivity index (χ4n) is 3.36. The molecule has 2 heterocycles. The monoisotopic (exact) mass is 415 g/mol. The minimum absolute atomic E-state index is 0.113. The molecule has 0 unspecified atom stereocenters. The summed E-state index contributed by atoms with van der Waals surface area (Å²) >= 11 is 1.57. The van der Waals surface area contributed by atoms with Gasteiger partial charge in [-0.25, -0.2) is 4.98 Å². The van der Waals surface area contributed by atoms with E-state index in [9.17, 15) is 9.59 Å². The Kier molecular flexibility index (Phi) is 5.59. The van der Waals surface area contributed by atoms with Gasteiger partial charge in [-0.05, 0) is 48.6 Å². The Labute approximate surface area is 178 Å². The van der Waals surface area contributed by atoms with Gasteiger partial charge in [0.25, 0.3) is 5.91 Å². The molecule has 4 rings (SSSR count). The van der Waals surface area contributed by atoms with E-state index in [-0.39, 0.29) is 18.4 Å². The third-order valence-electron chi connectivity index (χ3n) is 4.89. The predicted molar refractivity (Wildman–Crippen MR) is 122 cm³/mol. The number of thiophene rings is 1. The number of pyridine rings is 1. The first-order valence-electron chi connectivity index (χ1n) is 9.61. The quantitative estimate of drug-likeness (QED) is 0.485. The van der Waals surface area contributed by atoms with Crippen molar-refractivity contribution in [3.8, 4) is 10.6 Å². The van der Waals surface area contributed by atoms with Crippen LogP contribution in [-0.4, -0.2) is 23.3 Å². The van der Waals surface area contributed by atoms with Crippen molar-refractivity contribution in [2.45, 2.75) is 13.8 Å². The van der Waals surface area contributed by atoms with Crippen LogP contribution in [0.25, 0.3) is 21.5 Å². The van der Waals surface area contributed by atoms with Gasteiger partial charge >= 0.3 is 0 Å². The number of rotatable bonds is 5. The molecule has 0 aliphatic heterocycles. The Bertz CT molecular complexity index is 1210. The first kappa shape index (κ1) is 19.8. The first-order chi connectivity index (χ1) is 14.5. The highest BCUT2D eigenvalue weighted by molar-refractivity contribution is 7.13. The molecule has 2 aromatic carbocycles. The second-order valence-electron chi connectivity index (χ2n) is 7.05. The van der Waals surface area contributed by atoms with Gasteiger partial charge in [0.2, 0.25) is 5.91 Å². The van der Waals surface area contributed by atoms with Crippen LogP contribution in [0.4, 0.5) is 5.69 Å². The third-order valence-corrected chi connectivity index (χ3v) is 5.78. The van der Waals surface area contributed by atoms with Crippen molar-refractivity contribution in [1.29, 1.82) is 0 Å². The summed E-state index contributed by atoms with van der Waals surface area (Å²) in [6, 6.07) is 19.1. The standard InChI is InChI=1S/C24H21N3O2S/c1-15-7-5-8-16(2)23(15)27-22(28)14-25-24(29)18-13-20(21-11-6-12-30-21)26-19-10-4-3-9-17(18)19/h3-13H,14H2,1-2H3,(H,25,29)(H,27,28). The molecule has 2 N–H and O–H groups in total. The maximum Gasteiger partial charge on any atom is 0.252 e. The number of nitrogens with one attached hydrogen (secondary N) is 2. The van der Waals surface area contributed by atoms with Crippen molar-refractivity contribution in [3.05, 3.63) is 82.7 Å². The average Bonchev–Trinajstić information content (AvgIpc) is 3.29. The summed E-state index contributed by atoms with van der Waals surface area (Å²) in [4.78, 5) is 31.1. The molecule has 0 spiro atoms. The number of hydrogen-bond acceptors (Lipinski definition) is 4. The Morgan fingerprint density at radius 3 is 2.47 bits per heavy atom. The molecule has 30 heavy (non-hydrogen) atoms. The summed E-state index contributed by atoms with van der Waals surface area (Å²) < 4.78 is 0. The van der Waals surface area contributed by atoms with E-state index in [1.54, 1.807) is 17.4 Å². The molecule has 0 saturated heterocycles. The SMILES string of the molecule is Cc1cccc(C)c1NC(=O)CNC(=O)c1cc(-c2cccs2)nc2ccccc12. The van der Waals surface area contributed by atoms with Gasteiger partial charge in [0.1, 0.15) is 0 Å². The predicted octanol–water partition coefficient (Wildman–Crippen LogP) is 4.95. The highest BCUT2D eigenvalue weighted by Gasteiger charge is 2.16. The van der Waals surface area contributed by atoms with Crippen LogP contribution >= 0.6 is 11.3 Å². The smallest absolute Gasteiger partial charge is 0.252 e. The van der Waals surface area contributed by atoms with E-state index in [2.05, 4.69) is 15.6 Å². The van der Waals surface area contributed by atoms with Crippen LogP contribution in [0.2, 0.25) is 0 Å². The molecule has 6 heteroatoms. The maximum atomic E-state index is 13.0. The Morgan fingerprint density at radius 1 is 0.967 bits per heavy atom. The Morgan fingerprint density at radius 2 is 1.73 bits per heavy atom. The number of aromatic nitrogens is 1. The van der Waals surface area contributed by atoms with E-state index in [0.29, 0.717) is 5.56 Å². The molecule has 2 amide bonds. The molecule has 5 nitrogen and oxygen atoms in total. The molecule has 150 valence electrons. The lowest BCUT2D eigenvalue weighted by Gasteiger charge is -2.13. The van der Waals surface area contributed by atoms with Crippen molar-refractivity contribution in [2.75, 3.05) is 11.9 Å². The topological polar surface area (TPSA) is 71.1 Å². The number of nitrogens with zero attached hydrogens (tertiary/aromatic N) is 1. The molecule has 0 aliphatic rings. The average molecular weight is 416 g/mol. The molecular formula is C24H21N3O2S. The lowest BCUT2D eigenvalue weighted by atomic mass is 10.1. The Balaban J connectivity index is 1.55. The van der Waals surface area contributed by atoms with Crippen molar-refractivity contribution < 1.29 is 9.59 Å². The van der Waals surface area contributed by atoms with Crippen LogP contribution < -0.4 is 10.6 Å². The number of aryl methyl sites for hydroxylation is 2. The number of amides is 2. The van der Waals surface area contributed by atoms with Crippen LogP contribution in [-0.2, 0) is 4.79 Å². The van der Waals surface area contributed by atoms with Crippen molar-refractivity contribution in [3.63, 3.8) is 0 Å². The number of para-hydroxylation sites is 2. The summed E-state index contributed by atoms with van der Waals surface area (Å²) in [6.07, 6.45) is 0. The second-order valence-corrected chi connectivity index (χ2v) is 7.99. The summed E-state index contributed by atoms with van der Waals surface area (Å²) in [5, 5.41) is 8.37. The first-order valence-corrected chi connectivity index (χ1v) is 10.5. The van der Waals surface area contributed by atoms with E-state index >= 15 is 0 Å². The molecular weight excluding hydrogens is 394 g/mol. The minimum atomic E-state index is -0.303. The molecule has 0 atom stereocenters. The van der Waals surface area contributed by atoms with Gasteiger partial charge in [0.15, 0.2) is 0 Å². The molecule has 0 radical (unpaired) electrons. The van der Waals surface area contributed by atoms with Crippen molar-refractivity contribution in [1.82, 2.24) is 10.3 Å². The van der Waals surface area contributed by atoms with E-state index < -0.39 is 0 Å². The second kappa shape index (κ2) is 8.47. The highest BCUT2D eigenvalue weighted by atomic mass is 32.1. The minimum Gasteiger partial charge on any atom is -0.343 e. The van der Waals surface area contributed by atoms with Crippen LogP contribution in [0.1, 0.15) is 21.5 Å². The summed E-state index contributed by atoms with van der Waals surface area (Å²) in [7, 11) is 0. The van der Waals surface area contributed by atoms with Gasteiger partial charge in [0, 0.05) is 11.1 Å². The van der Waals surface area contributed by atoms with E-state index in [0.717, 1.165) is 38.3 Å². The third kappa shape index (κ3) is 4.09. The molecule has 4 aromatic rings. The number of fused-ring (bicyclic) bond motifs is 1. The molecule has 0 bridgehead atoms. The van der Waals surface area contributed by atoms with Crippen LogP contribution in [0.5, 0.6) is 0 Å². The van der Waals surface area contributed by atoms with Gasteiger partial charge < -0.3 is 10.6 Å². The zero-order valence-corrected chi connectivity index (χ0v) is 17.5. The largest absolute Gasteiger partial charge is 0.343 e. The summed E-state index contributed by atoms with van der Waals surface area (Å²) in [6.45, 7) is 3.77. The van der Waals surface area contributed by atoms with Crippen molar-refractivity contribution in [2.24, 2.45) is 0 Å². The van der Waals surface area contributed by atoms with E-state index in [1.165, 1.54) is 0 Å². The van der Waals surface area contributed by atoms with Gasteiger partial charge in [-0.3, -0.25) is 9.59 Å².